The summed E-state index contributed by atoms with van der Waals surface area (Å²) in [5.41, 5.74) is 7.17. The zero-order valence-electron chi connectivity index (χ0n) is 18.0. The van der Waals surface area contributed by atoms with Gasteiger partial charge in [-0.3, -0.25) is 9.58 Å². The van der Waals surface area contributed by atoms with E-state index in [0.717, 1.165) is 51.3 Å². The zero-order chi connectivity index (χ0) is 23.1. The second-order valence-corrected chi connectivity index (χ2v) is 8.99. The maximum atomic E-state index is 13.3. The van der Waals surface area contributed by atoms with Crippen molar-refractivity contribution in [1.82, 2.24) is 19.7 Å². The van der Waals surface area contributed by atoms with E-state index in [1.807, 2.05) is 0 Å². The Kier molecular flexibility index (Phi) is 6.17. The van der Waals surface area contributed by atoms with Crippen molar-refractivity contribution in [3.05, 3.63) is 24.0 Å². The van der Waals surface area contributed by atoms with E-state index in [9.17, 15) is 17.6 Å². The van der Waals surface area contributed by atoms with E-state index in [0.29, 0.717) is 29.1 Å². The molecule has 2 unspecified atom stereocenters. The fourth-order valence-electron chi connectivity index (χ4n) is 5.58. The van der Waals surface area contributed by atoms with Gasteiger partial charge in [0.05, 0.1) is 12.3 Å². The van der Waals surface area contributed by atoms with Gasteiger partial charge in [0.2, 0.25) is 0 Å². The van der Waals surface area contributed by atoms with E-state index in [-0.39, 0.29) is 17.5 Å². The summed E-state index contributed by atoms with van der Waals surface area (Å²) < 4.78 is 63.2. The lowest BCUT2D eigenvalue weighted by Crippen LogP contribution is -2.36. The van der Waals surface area contributed by atoms with Gasteiger partial charge >= 0.3 is 6.61 Å². The van der Waals surface area contributed by atoms with Crippen molar-refractivity contribution in [1.29, 1.82) is 0 Å². The van der Waals surface area contributed by atoms with E-state index in [4.69, 9.17) is 10.5 Å². The first-order chi connectivity index (χ1) is 15.9. The number of hydrogen-bond donors (Lipinski definition) is 1. The number of nitrogens with zero attached hydrogens (tertiary/aromatic N) is 4. The lowest BCUT2D eigenvalue weighted by Gasteiger charge is -2.28. The van der Waals surface area contributed by atoms with Gasteiger partial charge in [0.1, 0.15) is 6.54 Å². The predicted molar refractivity (Wildman–Crippen MR) is 112 cm³/mol. The summed E-state index contributed by atoms with van der Waals surface area (Å²) in [7, 11) is 0. The molecule has 2 aromatic heterocycles. The van der Waals surface area contributed by atoms with Crippen molar-refractivity contribution < 1.29 is 27.0 Å². The number of fused-ring (bicyclic) bond motifs is 1. The van der Waals surface area contributed by atoms with Gasteiger partial charge in [0, 0.05) is 49.1 Å². The molecule has 1 saturated heterocycles. The van der Waals surface area contributed by atoms with Gasteiger partial charge in [-0.1, -0.05) is 0 Å². The third kappa shape index (κ3) is 4.65. The van der Waals surface area contributed by atoms with Crippen molar-refractivity contribution in [3.8, 4) is 17.0 Å². The van der Waals surface area contributed by atoms with Gasteiger partial charge in [0.25, 0.3) is 6.43 Å². The smallest absolute Gasteiger partial charge is 0.387 e. The average molecular weight is 469 g/mol. The van der Waals surface area contributed by atoms with Gasteiger partial charge in [-0.2, -0.15) is 13.9 Å². The topological polar surface area (TPSA) is 78.4 Å². The number of anilines is 1. The molecule has 180 valence electrons. The first kappa shape index (κ1) is 22.4. The Balaban J connectivity index is 1.35. The van der Waals surface area contributed by atoms with Crippen LogP contribution in [-0.4, -0.2) is 65.0 Å². The van der Waals surface area contributed by atoms with Crippen LogP contribution in [0.1, 0.15) is 30.9 Å². The fourth-order valence-corrected chi connectivity index (χ4v) is 5.58. The molecule has 2 saturated carbocycles. The Morgan fingerprint density at radius 2 is 1.91 bits per heavy atom. The molecule has 3 fully saturated rings. The van der Waals surface area contributed by atoms with Crippen LogP contribution in [0.2, 0.25) is 0 Å². The highest BCUT2D eigenvalue weighted by Crippen LogP contribution is 2.64. The number of pyridine rings is 1. The van der Waals surface area contributed by atoms with E-state index < -0.39 is 19.6 Å². The molecule has 0 aromatic carbocycles. The SMILES string of the molecule is Nc1ncc(-c2cc(C3C4CC(N5CCCOCC5)CC43)n(CC(F)F)n2)cc1OC(F)F. The van der Waals surface area contributed by atoms with Crippen LogP contribution in [0.4, 0.5) is 23.4 Å². The Hall–Kier alpha value is -2.40. The van der Waals surface area contributed by atoms with Crippen molar-refractivity contribution in [2.75, 3.05) is 32.0 Å². The Morgan fingerprint density at radius 3 is 2.64 bits per heavy atom. The Bertz CT molecular complexity index is 968. The van der Waals surface area contributed by atoms with E-state index in [1.54, 1.807) is 6.07 Å². The molecule has 5 rings (SSSR count). The average Bonchev–Trinajstić information content (AvgIpc) is 3.15. The number of nitrogens with two attached hydrogens (primary N) is 1. The molecule has 0 amide bonds. The van der Waals surface area contributed by atoms with Crippen molar-refractivity contribution in [2.45, 2.75) is 50.8 Å². The third-order valence-electron chi connectivity index (χ3n) is 7.05. The maximum absolute atomic E-state index is 13.3. The molecule has 2 atom stereocenters. The molecule has 0 spiro atoms. The highest BCUT2D eigenvalue weighted by molar-refractivity contribution is 5.64. The molecule has 2 aromatic rings. The lowest BCUT2D eigenvalue weighted by atomic mass is 10.0. The molecule has 1 aliphatic heterocycles. The van der Waals surface area contributed by atoms with Crippen molar-refractivity contribution >= 4 is 5.82 Å². The number of alkyl halides is 4. The van der Waals surface area contributed by atoms with E-state index >= 15 is 0 Å². The van der Waals surface area contributed by atoms with Crippen molar-refractivity contribution in [2.24, 2.45) is 11.8 Å². The molecule has 2 aliphatic carbocycles. The fraction of sp³-hybridized carbons (Fsp3) is 0.636. The van der Waals surface area contributed by atoms with Crippen LogP contribution in [0.5, 0.6) is 5.75 Å². The predicted octanol–water partition coefficient (Wildman–Crippen LogP) is 3.61. The Labute approximate surface area is 188 Å². The number of hydrogen-bond acceptors (Lipinski definition) is 6. The minimum Gasteiger partial charge on any atom is -0.431 e. The molecule has 0 bridgehead atoms. The molecular formula is C22H27F4N5O2. The summed E-state index contributed by atoms with van der Waals surface area (Å²) in [4.78, 5) is 6.40. The van der Waals surface area contributed by atoms with Crippen LogP contribution in [-0.2, 0) is 11.3 Å². The molecule has 7 nitrogen and oxygen atoms in total. The monoisotopic (exact) mass is 469 g/mol. The van der Waals surface area contributed by atoms with E-state index in [2.05, 4.69) is 19.7 Å². The van der Waals surface area contributed by atoms with Gasteiger partial charge < -0.3 is 15.2 Å². The van der Waals surface area contributed by atoms with Crippen LogP contribution in [0.3, 0.4) is 0 Å². The molecule has 2 N–H and O–H groups in total. The molecule has 33 heavy (non-hydrogen) atoms. The molecular weight excluding hydrogens is 442 g/mol. The molecule has 3 aliphatic rings. The van der Waals surface area contributed by atoms with Crippen LogP contribution in [0.25, 0.3) is 11.3 Å². The van der Waals surface area contributed by atoms with Crippen LogP contribution in [0.15, 0.2) is 18.3 Å². The van der Waals surface area contributed by atoms with Crippen LogP contribution < -0.4 is 10.5 Å². The quantitative estimate of drug-likeness (QED) is 0.625. The number of halogens is 4. The third-order valence-corrected chi connectivity index (χ3v) is 7.05. The zero-order valence-corrected chi connectivity index (χ0v) is 18.0. The van der Waals surface area contributed by atoms with Gasteiger partial charge in [-0.15, -0.1) is 0 Å². The summed E-state index contributed by atoms with van der Waals surface area (Å²) in [6.45, 7) is -0.0256. The lowest BCUT2D eigenvalue weighted by molar-refractivity contribution is -0.0494. The second-order valence-electron chi connectivity index (χ2n) is 8.99. The van der Waals surface area contributed by atoms with E-state index in [1.165, 1.54) is 16.9 Å². The molecule has 3 heterocycles. The normalized spacial score (nSPS) is 27.7. The minimum absolute atomic E-state index is 0.173. The van der Waals surface area contributed by atoms with Gasteiger partial charge in [-0.05, 0) is 43.2 Å². The first-order valence-corrected chi connectivity index (χ1v) is 11.3. The summed E-state index contributed by atoms with van der Waals surface area (Å²) in [5.74, 6) is 0.640. The van der Waals surface area contributed by atoms with Gasteiger partial charge in [-0.25, -0.2) is 13.8 Å². The molecule has 11 heteroatoms. The summed E-state index contributed by atoms with van der Waals surface area (Å²) in [6.07, 6.45) is 1.95. The highest BCUT2D eigenvalue weighted by Gasteiger charge is 2.58. The van der Waals surface area contributed by atoms with Crippen LogP contribution in [0, 0.1) is 11.8 Å². The summed E-state index contributed by atoms with van der Waals surface area (Å²) in [5, 5.41) is 4.37. The number of ether oxygens (including phenoxy) is 2. The minimum atomic E-state index is -3.05. The summed E-state index contributed by atoms with van der Waals surface area (Å²) >= 11 is 0. The van der Waals surface area contributed by atoms with Crippen LogP contribution >= 0.6 is 0 Å². The largest absolute Gasteiger partial charge is 0.431 e. The van der Waals surface area contributed by atoms with Gasteiger partial charge in [0.15, 0.2) is 11.6 Å². The first-order valence-electron chi connectivity index (χ1n) is 11.3. The second kappa shape index (κ2) is 9.09. The standard InChI is InChI=1S/C22H27F4N5O2/c23-19(24)11-31-17(9-16(29-31)12-6-18(33-22(25)26)21(27)28-10-12)20-14-7-13(8-15(14)20)30-2-1-4-32-5-3-30/h6,9-10,13-15,19-20,22H,1-5,7-8,11H2,(H2,27,28). The number of nitrogen functional groups attached to an aromatic ring is 1. The Morgan fingerprint density at radius 1 is 1.12 bits per heavy atom. The number of rotatable bonds is 7. The molecule has 0 radical (unpaired) electrons. The summed E-state index contributed by atoms with van der Waals surface area (Å²) in [6, 6.07) is 3.61. The highest BCUT2D eigenvalue weighted by atomic mass is 19.3. The number of aromatic nitrogens is 3. The maximum Gasteiger partial charge on any atom is 0.387 e. The van der Waals surface area contributed by atoms with Crippen molar-refractivity contribution in [3.63, 3.8) is 0 Å².